The van der Waals surface area contributed by atoms with Crippen LogP contribution in [-0.4, -0.2) is 12.5 Å². The van der Waals surface area contributed by atoms with Crippen LogP contribution in [0.3, 0.4) is 0 Å². The Hall–Kier alpha value is -1.61. The molecule has 1 N–H and O–H groups in total. The second-order valence-electron chi connectivity index (χ2n) is 8.97. The lowest BCUT2D eigenvalue weighted by Gasteiger charge is -2.61. The van der Waals surface area contributed by atoms with Crippen LogP contribution < -0.4 is 5.32 Å². The molecule has 4 bridgehead atoms. The Morgan fingerprint density at radius 3 is 2.50 bits per heavy atom. The van der Waals surface area contributed by atoms with Crippen molar-refractivity contribution in [2.24, 2.45) is 17.3 Å². The fourth-order valence-electron chi connectivity index (χ4n) is 6.60. The van der Waals surface area contributed by atoms with E-state index >= 15 is 0 Å². The average Bonchev–Trinajstić information content (AvgIpc) is 3.15. The molecule has 0 spiro atoms. The molecule has 1 amide bonds. The molecular weight excluding hydrogens is 338 g/mol. The van der Waals surface area contributed by atoms with Gasteiger partial charge in [-0.05, 0) is 79.2 Å². The van der Waals surface area contributed by atoms with Gasteiger partial charge < -0.3 is 5.32 Å². The summed E-state index contributed by atoms with van der Waals surface area (Å²) in [6.07, 6.45) is 8.16. The third-order valence-corrected chi connectivity index (χ3v) is 8.10. The fourth-order valence-corrected chi connectivity index (χ4v) is 7.31. The summed E-state index contributed by atoms with van der Waals surface area (Å²) in [4.78, 5) is 14.6. The third-order valence-electron chi connectivity index (χ3n) is 7.17. The Kier molecular flexibility index (Phi) is 3.97. The van der Waals surface area contributed by atoms with Crippen LogP contribution in [-0.2, 0) is 16.6 Å². The number of hydrogen-bond donors (Lipinski definition) is 1. The quantitative estimate of drug-likeness (QED) is 0.798. The Labute approximate surface area is 160 Å². The molecule has 4 fully saturated rings. The summed E-state index contributed by atoms with van der Waals surface area (Å²) >= 11 is 1.78. The second-order valence-corrected chi connectivity index (χ2v) is 10.0. The summed E-state index contributed by atoms with van der Waals surface area (Å²) in [7, 11) is 0. The van der Waals surface area contributed by atoms with Crippen molar-refractivity contribution in [1.29, 1.82) is 0 Å². The molecule has 6 rings (SSSR count). The third kappa shape index (κ3) is 2.72. The largest absolute Gasteiger partial charge is 0.355 e. The first-order valence-electron chi connectivity index (χ1n) is 10.0. The van der Waals surface area contributed by atoms with Gasteiger partial charge in [0.15, 0.2) is 0 Å². The van der Waals surface area contributed by atoms with Gasteiger partial charge in [0.2, 0.25) is 5.91 Å². The van der Waals surface area contributed by atoms with E-state index in [2.05, 4.69) is 53.2 Å². The predicted octanol–water partition coefficient (Wildman–Crippen LogP) is 4.95. The monoisotopic (exact) mass is 365 g/mol. The first-order chi connectivity index (χ1) is 12.7. The van der Waals surface area contributed by atoms with E-state index in [0.717, 1.165) is 44.1 Å². The van der Waals surface area contributed by atoms with Gasteiger partial charge >= 0.3 is 0 Å². The number of carbonyl (C=O) groups excluding carboxylic acids is 1. The van der Waals surface area contributed by atoms with Gasteiger partial charge in [-0.15, -0.1) is 11.3 Å². The first kappa shape index (κ1) is 16.6. The highest BCUT2D eigenvalue weighted by atomic mass is 32.1. The van der Waals surface area contributed by atoms with Gasteiger partial charge in [-0.1, -0.05) is 36.4 Å². The maximum atomic E-state index is 13.3. The summed E-state index contributed by atoms with van der Waals surface area (Å²) in [5.41, 5.74) is 1.61. The lowest BCUT2D eigenvalue weighted by molar-refractivity contribution is -0.149. The highest BCUT2D eigenvalue weighted by molar-refractivity contribution is 7.09. The van der Waals surface area contributed by atoms with Gasteiger partial charge in [-0.3, -0.25) is 4.79 Å². The van der Waals surface area contributed by atoms with Crippen LogP contribution in [0, 0.1) is 17.3 Å². The van der Waals surface area contributed by atoms with Gasteiger partial charge in [0.25, 0.3) is 0 Å². The minimum Gasteiger partial charge on any atom is -0.355 e. The molecule has 1 heterocycles. The maximum absolute atomic E-state index is 13.3. The molecule has 2 nitrogen and oxygen atoms in total. The van der Waals surface area contributed by atoms with E-state index in [1.165, 1.54) is 29.7 Å². The van der Waals surface area contributed by atoms with Gasteiger partial charge in [0.05, 0.1) is 5.41 Å². The molecule has 0 aliphatic heterocycles. The van der Waals surface area contributed by atoms with Gasteiger partial charge in [-0.25, -0.2) is 0 Å². The Morgan fingerprint density at radius 2 is 1.81 bits per heavy atom. The second kappa shape index (κ2) is 6.23. The number of thiophene rings is 1. The van der Waals surface area contributed by atoms with Crippen LogP contribution in [0.2, 0.25) is 0 Å². The van der Waals surface area contributed by atoms with E-state index in [4.69, 9.17) is 0 Å². The standard InChI is InChI=1S/C23H27NOS/c25-21(24-9-8-20-7-4-10-26-20)23-14-17-11-18(15-23)13-22(12-17,16-23)19-5-2-1-3-6-19/h1-7,10,17-18H,8-9,11-16H2,(H,24,25)/t17-,18+,22?,23?. The number of benzene rings is 1. The molecule has 2 unspecified atom stereocenters. The van der Waals surface area contributed by atoms with Gasteiger partial charge in [0.1, 0.15) is 0 Å². The molecule has 4 atom stereocenters. The SMILES string of the molecule is O=C(NCCc1cccs1)C12C[C@H]3C[C@@H](C1)CC(c1ccccc1)(C3)C2. The van der Waals surface area contributed by atoms with Gasteiger partial charge in [0, 0.05) is 11.4 Å². The zero-order valence-corrected chi connectivity index (χ0v) is 16.1. The van der Waals surface area contributed by atoms with Crippen molar-refractivity contribution in [1.82, 2.24) is 5.32 Å². The smallest absolute Gasteiger partial charge is 0.226 e. The molecule has 4 aliphatic rings. The molecule has 4 aliphatic carbocycles. The number of amides is 1. The van der Waals surface area contributed by atoms with Crippen molar-refractivity contribution in [3.05, 3.63) is 58.3 Å². The zero-order chi connectivity index (χ0) is 17.6. The van der Waals surface area contributed by atoms with Crippen molar-refractivity contribution < 1.29 is 4.79 Å². The zero-order valence-electron chi connectivity index (χ0n) is 15.2. The average molecular weight is 366 g/mol. The Balaban J connectivity index is 1.36. The highest BCUT2D eigenvalue weighted by Gasteiger charge is 2.60. The van der Waals surface area contributed by atoms with Crippen molar-refractivity contribution in [2.75, 3.05) is 6.54 Å². The van der Waals surface area contributed by atoms with Crippen LogP contribution in [0.4, 0.5) is 0 Å². The summed E-state index contributed by atoms with van der Waals surface area (Å²) in [6.45, 7) is 0.773. The molecule has 26 heavy (non-hydrogen) atoms. The molecule has 1 aromatic carbocycles. The Bertz CT molecular complexity index is 768. The van der Waals surface area contributed by atoms with Crippen LogP contribution in [0.15, 0.2) is 47.8 Å². The normalized spacial score (nSPS) is 34.8. The molecule has 2 aromatic rings. The molecule has 0 radical (unpaired) electrons. The summed E-state index contributed by atoms with van der Waals surface area (Å²) in [5.74, 6) is 1.81. The molecule has 136 valence electrons. The van der Waals surface area contributed by atoms with Crippen LogP contribution in [0.5, 0.6) is 0 Å². The lowest BCUT2D eigenvalue weighted by Crippen LogP contribution is -2.59. The lowest BCUT2D eigenvalue weighted by atomic mass is 9.42. The molecule has 0 saturated heterocycles. The molecule has 1 aromatic heterocycles. The minimum atomic E-state index is -0.116. The summed E-state index contributed by atoms with van der Waals surface area (Å²) in [6, 6.07) is 15.3. The maximum Gasteiger partial charge on any atom is 0.226 e. The minimum absolute atomic E-state index is 0.116. The molecule has 4 saturated carbocycles. The number of rotatable bonds is 5. The van der Waals surface area contributed by atoms with Crippen molar-refractivity contribution in [3.63, 3.8) is 0 Å². The summed E-state index contributed by atoms with van der Waals surface area (Å²) < 4.78 is 0. The van der Waals surface area contributed by atoms with E-state index in [9.17, 15) is 4.79 Å². The molecular formula is C23H27NOS. The van der Waals surface area contributed by atoms with E-state index in [1.54, 1.807) is 11.3 Å². The summed E-state index contributed by atoms with van der Waals surface area (Å²) in [5, 5.41) is 5.43. The van der Waals surface area contributed by atoms with E-state index in [1.807, 2.05) is 0 Å². The molecule has 3 heteroatoms. The number of carbonyl (C=O) groups is 1. The van der Waals surface area contributed by atoms with Crippen LogP contribution in [0.1, 0.15) is 49.0 Å². The van der Waals surface area contributed by atoms with Crippen molar-refractivity contribution in [2.45, 2.75) is 50.4 Å². The number of hydrogen-bond acceptors (Lipinski definition) is 2. The Morgan fingerprint density at radius 1 is 1.04 bits per heavy atom. The first-order valence-corrected chi connectivity index (χ1v) is 10.9. The van der Waals surface area contributed by atoms with E-state index in [0.29, 0.717) is 5.91 Å². The van der Waals surface area contributed by atoms with Crippen molar-refractivity contribution in [3.8, 4) is 0 Å². The van der Waals surface area contributed by atoms with Crippen molar-refractivity contribution >= 4 is 17.2 Å². The van der Waals surface area contributed by atoms with Crippen LogP contribution in [0.25, 0.3) is 0 Å². The van der Waals surface area contributed by atoms with Gasteiger partial charge in [-0.2, -0.15) is 0 Å². The number of nitrogens with one attached hydrogen (secondary N) is 1. The predicted molar refractivity (Wildman–Crippen MR) is 106 cm³/mol. The van der Waals surface area contributed by atoms with Crippen LogP contribution >= 0.6 is 11.3 Å². The highest BCUT2D eigenvalue weighted by Crippen LogP contribution is 2.65. The van der Waals surface area contributed by atoms with E-state index < -0.39 is 0 Å². The fraction of sp³-hybridized carbons (Fsp3) is 0.522. The van der Waals surface area contributed by atoms with E-state index in [-0.39, 0.29) is 10.8 Å². The topological polar surface area (TPSA) is 29.1 Å².